The van der Waals surface area contributed by atoms with Gasteiger partial charge in [-0.3, -0.25) is 4.79 Å². The summed E-state index contributed by atoms with van der Waals surface area (Å²) >= 11 is 0. The zero-order valence-corrected chi connectivity index (χ0v) is 23.7. The highest BCUT2D eigenvalue weighted by Gasteiger charge is 2.38. The second-order valence-corrected chi connectivity index (χ2v) is 12.0. The second kappa shape index (κ2) is 10.9. The Hall–Kier alpha value is -3.34. The van der Waals surface area contributed by atoms with Crippen LogP contribution >= 0.6 is 0 Å². The standard InChI is InChI=1S/C29H39FN4O6/c1-29(2,3)40-28(38)34(18-7-11-31-12-8-18)19-9-13-32(14-10-19)24-22(30)15-20-23(26(24)39-4)33(17-5-6-17)16-21(25(20)35)27(36)37/h15-19,31H,5-14H2,1-4H3,(H,36,37). The molecule has 2 aliphatic heterocycles. The molecule has 1 saturated carbocycles. The number of hydrogen-bond donors (Lipinski definition) is 2. The van der Waals surface area contributed by atoms with Crippen LogP contribution in [-0.4, -0.2) is 77.6 Å². The van der Waals surface area contributed by atoms with Crippen LogP contribution in [0.25, 0.3) is 10.9 Å². The maximum atomic E-state index is 15.8. The Bertz CT molecular complexity index is 1350. The summed E-state index contributed by atoms with van der Waals surface area (Å²) in [5.41, 5.74) is -1.03. The van der Waals surface area contributed by atoms with E-state index in [4.69, 9.17) is 9.47 Å². The topological polar surface area (TPSA) is 113 Å². The van der Waals surface area contributed by atoms with E-state index in [1.807, 2.05) is 30.6 Å². The summed E-state index contributed by atoms with van der Waals surface area (Å²) < 4.78 is 29.1. The molecule has 1 aromatic heterocycles. The van der Waals surface area contributed by atoms with Gasteiger partial charge in [-0.05, 0) is 78.5 Å². The fourth-order valence-corrected chi connectivity index (χ4v) is 6.09. The van der Waals surface area contributed by atoms with Crippen molar-refractivity contribution in [1.82, 2.24) is 14.8 Å². The van der Waals surface area contributed by atoms with Gasteiger partial charge in [0.2, 0.25) is 5.43 Å². The number of aromatic nitrogens is 1. The molecule has 5 rings (SSSR count). The van der Waals surface area contributed by atoms with E-state index in [1.54, 1.807) is 4.57 Å². The fourth-order valence-electron chi connectivity index (χ4n) is 6.09. The molecule has 2 saturated heterocycles. The lowest BCUT2D eigenvalue weighted by atomic mass is 9.97. The summed E-state index contributed by atoms with van der Waals surface area (Å²) in [5.74, 6) is -1.74. The van der Waals surface area contributed by atoms with Gasteiger partial charge in [0.25, 0.3) is 0 Å². The van der Waals surface area contributed by atoms with E-state index in [-0.39, 0.29) is 46.6 Å². The maximum absolute atomic E-state index is 15.8. The number of methoxy groups -OCH3 is 1. The van der Waals surface area contributed by atoms with Crippen LogP contribution in [0.4, 0.5) is 14.9 Å². The van der Waals surface area contributed by atoms with Gasteiger partial charge in [0.1, 0.15) is 16.9 Å². The normalized spacial score (nSPS) is 19.1. The van der Waals surface area contributed by atoms with Gasteiger partial charge in [-0.25, -0.2) is 14.0 Å². The van der Waals surface area contributed by atoms with Crippen molar-refractivity contribution in [2.75, 3.05) is 38.2 Å². The molecule has 3 fully saturated rings. The lowest BCUT2D eigenvalue weighted by molar-refractivity contribution is -0.00221. The Morgan fingerprint density at radius 2 is 1.70 bits per heavy atom. The number of carboxylic acid groups (broad SMARTS) is 1. The quantitative estimate of drug-likeness (QED) is 0.544. The van der Waals surface area contributed by atoms with Crippen molar-refractivity contribution < 1.29 is 28.6 Å². The van der Waals surface area contributed by atoms with Crippen LogP contribution in [0.5, 0.6) is 5.75 Å². The van der Waals surface area contributed by atoms with Gasteiger partial charge in [0, 0.05) is 37.4 Å². The van der Waals surface area contributed by atoms with Crippen LogP contribution < -0.4 is 20.4 Å². The monoisotopic (exact) mass is 558 g/mol. The van der Waals surface area contributed by atoms with Gasteiger partial charge in [-0.2, -0.15) is 0 Å². The molecule has 1 amide bonds. The number of carbonyl (C=O) groups excluding carboxylic acids is 1. The van der Waals surface area contributed by atoms with E-state index in [0.717, 1.165) is 44.8 Å². The fraction of sp³-hybridized carbons (Fsp3) is 0.621. The van der Waals surface area contributed by atoms with Crippen LogP contribution in [0.3, 0.4) is 0 Å². The maximum Gasteiger partial charge on any atom is 0.410 e. The Labute approximate surface area is 233 Å². The minimum Gasteiger partial charge on any atom is -0.492 e. The van der Waals surface area contributed by atoms with E-state index >= 15 is 4.39 Å². The van der Waals surface area contributed by atoms with E-state index in [1.165, 1.54) is 13.3 Å². The number of nitrogens with zero attached hydrogens (tertiary/aromatic N) is 3. The third-order valence-electron chi connectivity index (χ3n) is 8.05. The number of amides is 1. The third-order valence-corrected chi connectivity index (χ3v) is 8.05. The molecular weight excluding hydrogens is 519 g/mol. The number of aromatic carboxylic acids is 1. The largest absolute Gasteiger partial charge is 0.492 e. The molecule has 10 nitrogen and oxygen atoms in total. The molecule has 2 aromatic rings. The van der Waals surface area contributed by atoms with Gasteiger partial charge in [-0.15, -0.1) is 0 Å². The summed E-state index contributed by atoms with van der Waals surface area (Å²) in [6, 6.07) is 1.21. The smallest absolute Gasteiger partial charge is 0.410 e. The van der Waals surface area contributed by atoms with Gasteiger partial charge in [0.05, 0.1) is 18.0 Å². The molecular formula is C29H39FN4O6. The average Bonchev–Trinajstić information content (AvgIpc) is 3.74. The highest BCUT2D eigenvalue weighted by Crippen LogP contribution is 2.44. The first-order chi connectivity index (χ1) is 19.0. The molecule has 1 aliphatic carbocycles. The van der Waals surface area contributed by atoms with Crippen LogP contribution in [0.1, 0.15) is 75.7 Å². The molecule has 0 spiro atoms. The zero-order chi connectivity index (χ0) is 28.8. The first kappa shape index (κ1) is 28.2. The number of nitrogens with one attached hydrogen (secondary N) is 1. The van der Waals surface area contributed by atoms with E-state index in [0.29, 0.717) is 31.4 Å². The Morgan fingerprint density at radius 1 is 1.07 bits per heavy atom. The molecule has 3 aliphatic rings. The summed E-state index contributed by atoms with van der Waals surface area (Å²) in [6.07, 6.45) is 5.68. The number of carboxylic acids is 1. The predicted octanol–water partition coefficient (Wildman–Crippen LogP) is 4.14. The summed E-state index contributed by atoms with van der Waals surface area (Å²) in [5, 5.41) is 12.9. The van der Waals surface area contributed by atoms with Crippen molar-refractivity contribution in [2.45, 2.75) is 83.0 Å². The molecule has 0 unspecified atom stereocenters. The predicted molar refractivity (Wildman–Crippen MR) is 149 cm³/mol. The highest BCUT2D eigenvalue weighted by atomic mass is 19.1. The average molecular weight is 559 g/mol. The first-order valence-electron chi connectivity index (χ1n) is 14.2. The van der Waals surface area contributed by atoms with Crippen molar-refractivity contribution in [3.05, 3.63) is 33.9 Å². The highest BCUT2D eigenvalue weighted by molar-refractivity contribution is 5.97. The SMILES string of the molecule is COc1c(N2CCC(N(C(=O)OC(C)(C)C)C3CCNCC3)CC2)c(F)cc2c(=O)c(C(=O)O)cn(C3CC3)c12. The number of piperidine rings is 2. The number of hydrogen-bond acceptors (Lipinski definition) is 7. The van der Waals surface area contributed by atoms with Gasteiger partial charge < -0.3 is 34.3 Å². The van der Waals surface area contributed by atoms with E-state index in [2.05, 4.69) is 5.32 Å². The Kier molecular flexibility index (Phi) is 7.69. The summed E-state index contributed by atoms with van der Waals surface area (Å²) in [6.45, 7) is 8.24. The van der Waals surface area contributed by atoms with E-state index in [9.17, 15) is 19.5 Å². The number of anilines is 1. The van der Waals surface area contributed by atoms with Crippen molar-refractivity contribution in [3.63, 3.8) is 0 Å². The molecule has 218 valence electrons. The number of benzene rings is 1. The first-order valence-corrected chi connectivity index (χ1v) is 14.2. The number of rotatable bonds is 6. The summed E-state index contributed by atoms with van der Waals surface area (Å²) in [4.78, 5) is 41.9. The number of carbonyl (C=O) groups is 2. The summed E-state index contributed by atoms with van der Waals surface area (Å²) in [7, 11) is 1.44. The Balaban J connectivity index is 1.47. The van der Waals surface area contributed by atoms with Crippen LogP contribution in [-0.2, 0) is 4.74 Å². The lowest BCUT2D eigenvalue weighted by Crippen LogP contribution is -2.55. The van der Waals surface area contributed by atoms with Crippen molar-refractivity contribution >= 4 is 28.7 Å². The molecule has 0 bridgehead atoms. The van der Waals surface area contributed by atoms with Crippen LogP contribution in [0, 0.1) is 5.82 Å². The Morgan fingerprint density at radius 3 is 2.25 bits per heavy atom. The molecule has 0 atom stereocenters. The van der Waals surface area contributed by atoms with Crippen molar-refractivity contribution in [3.8, 4) is 5.75 Å². The van der Waals surface area contributed by atoms with Gasteiger partial charge in [-0.1, -0.05) is 0 Å². The van der Waals surface area contributed by atoms with Crippen molar-refractivity contribution in [1.29, 1.82) is 0 Å². The molecule has 3 heterocycles. The van der Waals surface area contributed by atoms with Crippen molar-refractivity contribution in [2.24, 2.45) is 0 Å². The molecule has 40 heavy (non-hydrogen) atoms. The van der Waals surface area contributed by atoms with Crippen LogP contribution in [0.2, 0.25) is 0 Å². The zero-order valence-electron chi connectivity index (χ0n) is 23.7. The molecule has 2 N–H and O–H groups in total. The molecule has 1 aromatic carbocycles. The molecule has 0 radical (unpaired) electrons. The van der Waals surface area contributed by atoms with E-state index < -0.39 is 22.8 Å². The minimum absolute atomic E-state index is 0.00166. The van der Waals surface area contributed by atoms with Gasteiger partial charge in [0.15, 0.2) is 11.6 Å². The van der Waals surface area contributed by atoms with Crippen LogP contribution in [0.15, 0.2) is 17.1 Å². The minimum atomic E-state index is -1.34. The second-order valence-electron chi connectivity index (χ2n) is 12.0. The van der Waals surface area contributed by atoms with Gasteiger partial charge >= 0.3 is 12.1 Å². The number of halogens is 1. The molecule has 11 heteroatoms. The number of ether oxygens (including phenoxy) is 2. The third kappa shape index (κ3) is 5.48. The number of pyridine rings is 1. The lowest BCUT2D eigenvalue weighted by Gasteiger charge is -2.44. The number of fused-ring (bicyclic) bond motifs is 1.